The molecule has 3 rings (SSSR count). The molecule has 6 nitrogen and oxygen atoms in total. The molecule has 0 atom stereocenters. The van der Waals surface area contributed by atoms with Crippen molar-refractivity contribution in [1.29, 1.82) is 0 Å². The minimum absolute atomic E-state index is 0.0612. The Morgan fingerprint density at radius 1 is 1.03 bits per heavy atom. The number of carbonyl (C=O) groups excluding carboxylic acids is 2. The third-order valence-corrected chi connectivity index (χ3v) is 5.78. The third kappa shape index (κ3) is 5.19. The van der Waals surface area contributed by atoms with Crippen molar-refractivity contribution in [2.24, 2.45) is 5.10 Å². The Morgan fingerprint density at radius 3 is 2.23 bits per heavy atom. The molecular weight excluding hydrogens is 412 g/mol. The first kappa shape index (κ1) is 22.2. The van der Waals surface area contributed by atoms with Crippen LogP contribution < -0.4 is 5.43 Å². The number of nitrogens with one attached hydrogen (secondary N) is 1. The number of carbonyl (C=O) groups is 2. The van der Waals surface area contributed by atoms with Crippen molar-refractivity contribution in [3.05, 3.63) is 76.2 Å². The molecule has 0 aliphatic carbocycles. The van der Waals surface area contributed by atoms with Gasteiger partial charge in [0.25, 0.3) is 5.91 Å². The Morgan fingerprint density at radius 2 is 1.65 bits per heavy atom. The molecule has 3 aromatic rings. The van der Waals surface area contributed by atoms with Crippen LogP contribution in [0.15, 0.2) is 59.0 Å². The Hall–Kier alpha value is -3.45. The van der Waals surface area contributed by atoms with Gasteiger partial charge in [-0.2, -0.15) is 5.10 Å². The summed E-state index contributed by atoms with van der Waals surface area (Å²) >= 11 is 1.41. The average Bonchev–Trinajstić information content (AvgIpc) is 3.13. The smallest absolute Gasteiger partial charge is 0.337 e. The first-order chi connectivity index (χ1) is 14.7. The number of thiophene rings is 1. The number of rotatable bonds is 5. The summed E-state index contributed by atoms with van der Waals surface area (Å²) in [6, 6.07) is 14.2. The molecule has 0 aliphatic heterocycles. The summed E-state index contributed by atoms with van der Waals surface area (Å²) in [5.74, 6) is -0.781. The minimum atomic E-state index is -0.471. The summed E-state index contributed by atoms with van der Waals surface area (Å²) in [6.07, 6.45) is 1.40. The van der Waals surface area contributed by atoms with Crippen molar-refractivity contribution in [2.45, 2.75) is 26.2 Å². The highest BCUT2D eigenvalue weighted by Gasteiger charge is 2.15. The number of hydrogen-bond acceptors (Lipinski definition) is 6. The van der Waals surface area contributed by atoms with Gasteiger partial charge in [0.15, 0.2) is 0 Å². The molecule has 0 spiro atoms. The van der Waals surface area contributed by atoms with Crippen molar-refractivity contribution in [1.82, 2.24) is 5.43 Å². The zero-order chi connectivity index (χ0) is 22.6. The van der Waals surface area contributed by atoms with Crippen LogP contribution in [-0.2, 0) is 10.2 Å². The Labute approximate surface area is 185 Å². The predicted molar refractivity (Wildman–Crippen MR) is 123 cm³/mol. The maximum atomic E-state index is 12.2. The number of ether oxygens (including phenoxy) is 1. The van der Waals surface area contributed by atoms with Gasteiger partial charge in [-0.25, -0.2) is 10.2 Å². The molecule has 1 amide bonds. The van der Waals surface area contributed by atoms with Crippen molar-refractivity contribution in [3.8, 4) is 16.2 Å². The molecule has 2 aromatic carbocycles. The predicted octanol–water partition coefficient (Wildman–Crippen LogP) is 4.97. The second-order valence-electron chi connectivity index (χ2n) is 7.96. The SMILES string of the molecule is COC(=O)c1ccc(C(=O)N/N=C/c2csc(-c3ccc(C(C)(C)C)cc3)c2O)cc1. The van der Waals surface area contributed by atoms with Crippen LogP contribution >= 0.6 is 11.3 Å². The fourth-order valence-electron chi connectivity index (χ4n) is 2.88. The molecular formula is C24H24N2O4S. The Bertz CT molecular complexity index is 1110. The molecule has 0 aliphatic rings. The number of amides is 1. The summed E-state index contributed by atoms with van der Waals surface area (Å²) in [6.45, 7) is 6.46. The van der Waals surface area contributed by atoms with E-state index in [0.717, 1.165) is 10.4 Å². The van der Waals surface area contributed by atoms with Gasteiger partial charge in [-0.15, -0.1) is 11.3 Å². The molecule has 0 bridgehead atoms. The van der Waals surface area contributed by atoms with Crippen molar-refractivity contribution < 1.29 is 19.4 Å². The van der Waals surface area contributed by atoms with Crippen molar-refractivity contribution in [3.63, 3.8) is 0 Å². The van der Waals surface area contributed by atoms with Crippen LogP contribution in [0.25, 0.3) is 10.4 Å². The zero-order valence-corrected chi connectivity index (χ0v) is 18.6. The molecule has 31 heavy (non-hydrogen) atoms. The van der Waals surface area contributed by atoms with E-state index in [1.54, 1.807) is 5.38 Å². The highest BCUT2D eigenvalue weighted by Crippen LogP contribution is 2.38. The molecule has 0 fully saturated rings. The topological polar surface area (TPSA) is 88.0 Å². The quantitative estimate of drug-likeness (QED) is 0.336. The van der Waals surface area contributed by atoms with Crippen LogP contribution in [0.4, 0.5) is 0 Å². The maximum Gasteiger partial charge on any atom is 0.337 e. The van der Waals surface area contributed by atoms with Crippen LogP contribution in [0.1, 0.15) is 52.6 Å². The first-order valence-corrected chi connectivity index (χ1v) is 10.5. The van der Waals surface area contributed by atoms with E-state index in [1.165, 1.54) is 54.5 Å². The van der Waals surface area contributed by atoms with Gasteiger partial charge in [0.1, 0.15) is 5.75 Å². The van der Waals surface area contributed by atoms with Gasteiger partial charge >= 0.3 is 5.97 Å². The highest BCUT2D eigenvalue weighted by atomic mass is 32.1. The van der Waals surface area contributed by atoms with E-state index in [-0.39, 0.29) is 11.2 Å². The van der Waals surface area contributed by atoms with Crippen LogP contribution in [-0.4, -0.2) is 30.3 Å². The summed E-state index contributed by atoms with van der Waals surface area (Å²) in [5.41, 5.74) is 5.84. The molecule has 0 saturated carbocycles. The van der Waals surface area contributed by atoms with E-state index in [9.17, 15) is 14.7 Å². The van der Waals surface area contributed by atoms with E-state index >= 15 is 0 Å². The van der Waals surface area contributed by atoms with Crippen molar-refractivity contribution >= 4 is 29.4 Å². The number of methoxy groups -OCH3 is 1. The van der Waals surface area contributed by atoms with E-state index in [4.69, 9.17) is 0 Å². The lowest BCUT2D eigenvalue weighted by atomic mass is 9.86. The number of aromatic hydroxyl groups is 1. The standard InChI is InChI=1S/C24H24N2O4S/c1-24(2,3)19-11-9-15(10-12-19)21-20(27)18(14-31-21)13-25-26-22(28)16-5-7-17(8-6-16)23(29)30-4/h5-14,27H,1-4H3,(H,26,28)/b25-13+. The molecule has 0 unspecified atom stereocenters. The minimum Gasteiger partial charge on any atom is -0.506 e. The fourth-order valence-corrected chi connectivity index (χ4v) is 3.80. The number of nitrogens with zero attached hydrogens (tertiary/aromatic N) is 1. The van der Waals surface area contributed by atoms with Crippen molar-refractivity contribution in [2.75, 3.05) is 7.11 Å². The Kier molecular flexibility index (Phi) is 6.56. The molecule has 0 radical (unpaired) electrons. The van der Waals surface area contributed by atoms with Crippen LogP contribution in [0.5, 0.6) is 5.75 Å². The molecule has 7 heteroatoms. The van der Waals surface area contributed by atoms with Crippen LogP contribution in [0, 0.1) is 0 Å². The lowest BCUT2D eigenvalue weighted by Gasteiger charge is -2.19. The van der Waals surface area contributed by atoms with E-state index in [2.05, 4.69) is 48.2 Å². The number of hydrogen-bond donors (Lipinski definition) is 2. The molecule has 2 N–H and O–H groups in total. The molecule has 0 saturated heterocycles. The summed E-state index contributed by atoms with van der Waals surface area (Å²) < 4.78 is 4.63. The lowest BCUT2D eigenvalue weighted by Crippen LogP contribution is -2.17. The lowest BCUT2D eigenvalue weighted by molar-refractivity contribution is 0.0600. The van der Waals surface area contributed by atoms with Gasteiger partial charge < -0.3 is 9.84 Å². The zero-order valence-electron chi connectivity index (χ0n) is 17.8. The third-order valence-electron chi connectivity index (χ3n) is 4.74. The second kappa shape index (κ2) is 9.14. The average molecular weight is 437 g/mol. The maximum absolute atomic E-state index is 12.2. The van der Waals surface area contributed by atoms with Crippen LogP contribution in [0.2, 0.25) is 0 Å². The molecule has 160 valence electrons. The fraction of sp³-hybridized carbons (Fsp3) is 0.208. The van der Waals surface area contributed by atoms with Gasteiger partial charge in [0, 0.05) is 16.5 Å². The second-order valence-corrected chi connectivity index (χ2v) is 8.84. The molecule has 1 aromatic heterocycles. The molecule has 1 heterocycles. The van der Waals surface area contributed by atoms with Gasteiger partial charge in [0.2, 0.25) is 0 Å². The van der Waals surface area contributed by atoms with E-state index < -0.39 is 11.9 Å². The monoisotopic (exact) mass is 436 g/mol. The van der Waals surface area contributed by atoms with Gasteiger partial charge in [-0.3, -0.25) is 4.79 Å². The van der Waals surface area contributed by atoms with Gasteiger partial charge in [-0.1, -0.05) is 45.0 Å². The van der Waals surface area contributed by atoms with Gasteiger partial charge in [0.05, 0.1) is 23.8 Å². The normalized spacial score (nSPS) is 11.5. The highest BCUT2D eigenvalue weighted by molar-refractivity contribution is 7.14. The summed E-state index contributed by atoms with van der Waals surface area (Å²) in [7, 11) is 1.30. The van der Waals surface area contributed by atoms with E-state index in [0.29, 0.717) is 16.7 Å². The summed E-state index contributed by atoms with van der Waals surface area (Å²) in [5, 5.41) is 16.3. The van der Waals surface area contributed by atoms with Gasteiger partial charge in [-0.05, 0) is 40.8 Å². The van der Waals surface area contributed by atoms with E-state index in [1.807, 2.05) is 12.1 Å². The first-order valence-electron chi connectivity index (χ1n) is 9.64. The number of hydrazone groups is 1. The summed E-state index contributed by atoms with van der Waals surface area (Å²) in [4.78, 5) is 24.4. The number of esters is 1. The Balaban J connectivity index is 1.68. The number of benzene rings is 2. The largest absolute Gasteiger partial charge is 0.506 e. The van der Waals surface area contributed by atoms with Crippen LogP contribution in [0.3, 0.4) is 0 Å².